The molecule has 138 valence electrons. The zero-order chi connectivity index (χ0) is 19.4. The van der Waals surface area contributed by atoms with Crippen LogP contribution in [0.2, 0.25) is 5.15 Å². The van der Waals surface area contributed by atoms with Crippen molar-refractivity contribution >= 4 is 54.8 Å². The van der Waals surface area contributed by atoms with Crippen LogP contribution < -0.4 is 10.0 Å². The number of rotatable bonds is 5. The van der Waals surface area contributed by atoms with Gasteiger partial charge in [0.15, 0.2) is 0 Å². The molecule has 0 aliphatic heterocycles. The summed E-state index contributed by atoms with van der Waals surface area (Å²) in [5, 5.41) is 2.92. The number of hydrogen-bond acceptors (Lipinski definition) is 4. The molecule has 1 aromatic heterocycles. The summed E-state index contributed by atoms with van der Waals surface area (Å²) in [5.41, 5.74) is 1.08. The fourth-order valence-electron chi connectivity index (χ4n) is 2.19. The van der Waals surface area contributed by atoms with Crippen molar-refractivity contribution in [2.75, 3.05) is 10.0 Å². The molecule has 0 saturated heterocycles. The van der Waals surface area contributed by atoms with Gasteiger partial charge in [-0.15, -0.1) is 0 Å². The van der Waals surface area contributed by atoms with Crippen LogP contribution in [0, 0.1) is 0 Å². The molecule has 3 rings (SSSR count). The molecule has 0 spiro atoms. The van der Waals surface area contributed by atoms with E-state index in [9.17, 15) is 13.2 Å². The van der Waals surface area contributed by atoms with Gasteiger partial charge in [0, 0.05) is 22.0 Å². The number of hydrogen-bond donors (Lipinski definition) is 2. The van der Waals surface area contributed by atoms with Gasteiger partial charge in [0.1, 0.15) is 5.15 Å². The number of nitrogens with one attached hydrogen (secondary N) is 2. The first-order valence-electron chi connectivity index (χ1n) is 7.65. The van der Waals surface area contributed by atoms with Crippen LogP contribution in [0.4, 0.5) is 11.4 Å². The quantitative estimate of drug-likeness (QED) is 0.540. The van der Waals surface area contributed by atoms with E-state index in [0.717, 1.165) is 4.47 Å². The Bertz CT molecular complexity index is 1070. The molecule has 0 aliphatic rings. The number of sulfonamides is 1. The molecule has 2 N–H and O–H groups in total. The van der Waals surface area contributed by atoms with Crippen molar-refractivity contribution in [1.82, 2.24) is 4.98 Å². The van der Waals surface area contributed by atoms with Crippen molar-refractivity contribution in [3.63, 3.8) is 0 Å². The molecule has 0 aliphatic carbocycles. The van der Waals surface area contributed by atoms with E-state index in [2.05, 4.69) is 31.0 Å². The van der Waals surface area contributed by atoms with Gasteiger partial charge in [0.2, 0.25) is 0 Å². The molecule has 6 nitrogen and oxygen atoms in total. The molecule has 0 atom stereocenters. The third-order valence-electron chi connectivity index (χ3n) is 3.49. The Morgan fingerprint density at radius 2 is 1.74 bits per heavy atom. The van der Waals surface area contributed by atoms with E-state index >= 15 is 0 Å². The summed E-state index contributed by atoms with van der Waals surface area (Å²) in [6, 6.07) is 15.7. The van der Waals surface area contributed by atoms with Crippen molar-refractivity contribution in [3.8, 4) is 0 Å². The van der Waals surface area contributed by atoms with Gasteiger partial charge in [-0.2, -0.15) is 0 Å². The fourth-order valence-corrected chi connectivity index (χ4v) is 3.67. The summed E-state index contributed by atoms with van der Waals surface area (Å²) in [7, 11) is -3.80. The Labute approximate surface area is 169 Å². The number of amides is 1. The van der Waals surface area contributed by atoms with Gasteiger partial charge in [0.05, 0.1) is 10.5 Å². The summed E-state index contributed by atoms with van der Waals surface area (Å²) < 4.78 is 28.5. The van der Waals surface area contributed by atoms with Crippen LogP contribution >= 0.6 is 27.5 Å². The van der Waals surface area contributed by atoms with Gasteiger partial charge in [-0.3, -0.25) is 9.52 Å². The monoisotopic (exact) mass is 465 g/mol. The molecule has 0 bridgehead atoms. The average Bonchev–Trinajstić information content (AvgIpc) is 2.64. The summed E-state index contributed by atoms with van der Waals surface area (Å²) in [6.07, 6.45) is 1.34. The summed E-state index contributed by atoms with van der Waals surface area (Å²) in [5.74, 6) is -0.422. The largest absolute Gasteiger partial charge is 0.322 e. The van der Waals surface area contributed by atoms with Crippen LogP contribution in [0.25, 0.3) is 0 Å². The molecule has 9 heteroatoms. The maximum absolute atomic E-state index is 12.6. The van der Waals surface area contributed by atoms with E-state index in [4.69, 9.17) is 11.6 Å². The van der Waals surface area contributed by atoms with Crippen molar-refractivity contribution in [2.45, 2.75) is 4.90 Å². The van der Waals surface area contributed by atoms with Crippen LogP contribution in [0.15, 0.2) is 76.2 Å². The predicted octanol–water partition coefficient (Wildman–Crippen LogP) is 4.55. The Kier molecular flexibility index (Phi) is 5.79. The molecule has 0 saturated carbocycles. The van der Waals surface area contributed by atoms with Crippen molar-refractivity contribution in [2.24, 2.45) is 0 Å². The lowest BCUT2D eigenvalue weighted by atomic mass is 10.2. The fraction of sp³-hybridized carbons (Fsp3) is 0. The maximum Gasteiger partial charge on any atom is 0.261 e. The molecule has 1 amide bonds. The van der Waals surface area contributed by atoms with E-state index in [1.54, 1.807) is 36.4 Å². The lowest BCUT2D eigenvalue weighted by Gasteiger charge is -2.10. The third kappa shape index (κ3) is 5.06. The topological polar surface area (TPSA) is 88.2 Å². The van der Waals surface area contributed by atoms with E-state index in [1.165, 1.54) is 30.5 Å². The molecule has 2 aromatic carbocycles. The second-order valence-electron chi connectivity index (χ2n) is 5.46. The Morgan fingerprint density at radius 1 is 1.00 bits per heavy atom. The molecule has 1 heterocycles. The highest BCUT2D eigenvalue weighted by atomic mass is 79.9. The van der Waals surface area contributed by atoms with Crippen LogP contribution in [0.3, 0.4) is 0 Å². The number of halogens is 2. The summed E-state index contributed by atoms with van der Waals surface area (Å²) in [4.78, 5) is 16.1. The minimum atomic E-state index is -3.80. The summed E-state index contributed by atoms with van der Waals surface area (Å²) in [6.45, 7) is 0. The number of benzene rings is 2. The standard InChI is InChI=1S/C18H13BrClN3O3S/c19-13-5-7-14(8-6-13)23-27(25,26)16-3-1-2-15(10-16)22-18(24)12-4-9-17(20)21-11-12/h1-11,23H,(H,22,24). The third-order valence-corrected chi connectivity index (χ3v) is 5.62. The number of nitrogens with zero attached hydrogens (tertiary/aromatic N) is 1. The first kappa shape index (κ1) is 19.3. The van der Waals surface area contributed by atoms with Crippen LogP contribution in [0.1, 0.15) is 10.4 Å². The molecule has 27 heavy (non-hydrogen) atoms. The normalized spacial score (nSPS) is 11.0. The SMILES string of the molecule is O=C(Nc1cccc(S(=O)(=O)Nc2ccc(Br)cc2)c1)c1ccc(Cl)nc1. The molecular formula is C18H13BrClN3O3S. The van der Waals surface area contributed by atoms with E-state index in [-0.39, 0.29) is 10.0 Å². The summed E-state index contributed by atoms with van der Waals surface area (Å²) >= 11 is 9.00. The first-order chi connectivity index (χ1) is 12.8. The number of carbonyl (C=O) groups is 1. The van der Waals surface area contributed by atoms with Gasteiger partial charge < -0.3 is 5.32 Å². The molecule has 0 fully saturated rings. The Morgan fingerprint density at radius 3 is 2.41 bits per heavy atom. The highest BCUT2D eigenvalue weighted by Crippen LogP contribution is 2.21. The van der Waals surface area contributed by atoms with Crippen LogP contribution in [-0.4, -0.2) is 19.3 Å². The molecular weight excluding hydrogens is 454 g/mol. The number of carbonyl (C=O) groups excluding carboxylic acids is 1. The first-order valence-corrected chi connectivity index (χ1v) is 10.3. The van der Waals surface area contributed by atoms with E-state index < -0.39 is 15.9 Å². The zero-order valence-corrected chi connectivity index (χ0v) is 16.8. The number of anilines is 2. The number of aromatic nitrogens is 1. The lowest BCUT2D eigenvalue weighted by Crippen LogP contribution is -2.15. The van der Waals surface area contributed by atoms with Crippen molar-refractivity contribution < 1.29 is 13.2 Å². The molecule has 0 unspecified atom stereocenters. The number of pyridine rings is 1. The second-order valence-corrected chi connectivity index (χ2v) is 8.45. The van der Waals surface area contributed by atoms with Gasteiger partial charge in [-0.25, -0.2) is 13.4 Å². The zero-order valence-electron chi connectivity index (χ0n) is 13.7. The van der Waals surface area contributed by atoms with Crippen molar-refractivity contribution in [3.05, 3.63) is 82.0 Å². The van der Waals surface area contributed by atoms with E-state index in [1.807, 2.05) is 0 Å². The van der Waals surface area contributed by atoms with Crippen molar-refractivity contribution in [1.29, 1.82) is 0 Å². The molecule has 3 aromatic rings. The van der Waals surface area contributed by atoms with Gasteiger partial charge >= 0.3 is 0 Å². The maximum atomic E-state index is 12.6. The predicted molar refractivity (Wildman–Crippen MR) is 109 cm³/mol. The lowest BCUT2D eigenvalue weighted by molar-refractivity contribution is 0.102. The Hall–Kier alpha value is -2.42. The van der Waals surface area contributed by atoms with E-state index in [0.29, 0.717) is 16.9 Å². The van der Waals surface area contributed by atoms with Gasteiger partial charge in [-0.05, 0) is 54.6 Å². The smallest absolute Gasteiger partial charge is 0.261 e. The minimum absolute atomic E-state index is 0.0254. The molecule has 0 radical (unpaired) electrons. The van der Waals surface area contributed by atoms with Gasteiger partial charge in [-0.1, -0.05) is 33.6 Å². The highest BCUT2D eigenvalue weighted by molar-refractivity contribution is 9.10. The van der Waals surface area contributed by atoms with Crippen LogP contribution in [0.5, 0.6) is 0 Å². The highest BCUT2D eigenvalue weighted by Gasteiger charge is 2.15. The second kappa shape index (κ2) is 8.08. The van der Waals surface area contributed by atoms with Gasteiger partial charge in [0.25, 0.3) is 15.9 Å². The average molecular weight is 467 g/mol. The van der Waals surface area contributed by atoms with Crippen LogP contribution in [-0.2, 0) is 10.0 Å². The Balaban J connectivity index is 1.78. The minimum Gasteiger partial charge on any atom is -0.322 e.